The van der Waals surface area contributed by atoms with Crippen LogP contribution in [0.3, 0.4) is 0 Å². The molecule has 2 aromatic heterocycles. The lowest BCUT2D eigenvalue weighted by Gasteiger charge is -2.43. The summed E-state index contributed by atoms with van der Waals surface area (Å²) in [6.07, 6.45) is 3.36. The highest BCUT2D eigenvalue weighted by atomic mass is 19.1. The Morgan fingerprint density at radius 1 is 0.740 bits per heavy atom. The van der Waals surface area contributed by atoms with E-state index in [-0.39, 0.29) is 29.5 Å². The van der Waals surface area contributed by atoms with E-state index >= 15 is 0 Å². The van der Waals surface area contributed by atoms with Gasteiger partial charge in [-0.05, 0) is 87.9 Å². The number of nitrogens with one attached hydrogen (secondary N) is 1. The van der Waals surface area contributed by atoms with Gasteiger partial charge >= 0.3 is 0 Å². The molecule has 10 heteroatoms. The maximum Gasteiger partial charge on any atom is 0.254 e. The summed E-state index contributed by atoms with van der Waals surface area (Å²) in [5, 5.41) is 1.11. The number of likely N-dealkylation sites (tertiary alicyclic amines) is 2. The number of carbonyl (C=O) groups is 3. The Morgan fingerprint density at radius 2 is 1.36 bits per heavy atom. The standard InChI is InChI=1S/C40H47FN6O3/c1-25-5-6-31(22-35(25)41)38-24-32(23-37(43-38)30-7-8-36-34(21-30)26(2)27(3)42-36)40(50)47-19-17-45(18-20-47)33-11-15-46(16-12-33)39(49)29-9-13-44(14-10-29)28(4)48/h5-8,21-24,29,33,42H,9-20H2,1-4H3. The first-order valence-corrected chi connectivity index (χ1v) is 18.0. The van der Waals surface area contributed by atoms with Crippen LogP contribution in [-0.2, 0) is 9.59 Å². The number of fused-ring (bicyclic) bond motifs is 1. The van der Waals surface area contributed by atoms with Crippen LogP contribution in [0.1, 0.15) is 59.8 Å². The Kier molecular flexibility index (Phi) is 9.48. The van der Waals surface area contributed by atoms with Crippen molar-refractivity contribution in [3.05, 3.63) is 76.7 Å². The van der Waals surface area contributed by atoms with Gasteiger partial charge in [0.1, 0.15) is 5.82 Å². The Hall–Kier alpha value is -4.57. The molecule has 1 N–H and O–H groups in total. The highest BCUT2D eigenvalue weighted by molar-refractivity contribution is 5.97. The maximum atomic E-state index is 14.7. The zero-order chi connectivity index (χ0) is 35.1. The van der Waals surface area contributed by atoms with E-state index in [9.17, 15) is 18.8 Å². The number of pyridine rings is 1. The Labute approximate surface area is 293 Å². The molecular weight excluding hydrogens is 631 g/mol. The van der Waals surface area contributed by atoms with Gasteiger partial charge in [-0.15, -0.1) is 0 Å². The van der Waals surface area contributed by atoms with Crippen molar-refractivity contribution < 1.29 is 18.8 Å². The van der Waals surface area contributed by atoms with E-state index < -0.39 is 0 Å². The van der Waals surface area contributed by atoms with Crippen molar-refractivity contribution in [1.29, 1.82) is 0 Å². The highest BCUT2D eigenvalue weighted by Crippen LogP contribution is 2.31. The molecule has 3 aliphatic heterocycles. The molecule has 3 amide bonds. The minimum absolute atomic E-state index is 0.0146. The zero-order valence-electron chi connectivity index (χ0n) is 29.6. The number of aryl methyl sites for hydroxylation is 3. The fourth-order valence-corrected chi connectivity index (χ4v) is 7.95. The molecule has 50 heavy (non-hydrogen) atoms. The number of hydrogen-bond donors (Lipinski definition) is 1. The van der Waals surface area contributed by atoms with Crippen LogP contribution >= 0.6 is 0 Å². The lowest BCUT2D eigenvalue weighted by atomic mass is 9.93. The molecule has 4 aromatic rings. The summed E-state index contributed by atoms with van der Waals surface area (Å²) >= 11 is 0. The van der Waals surface area contributed by atoms with Crippen LogP contribution in [0.2, 0.25) is 0 Å². The molecule has 3 aliphatic rings. The van der Waals surface area contributed by atoms with E-state index in [4.69, 9.17) is 4.98 Å². The molecule has 3 saturated heterocycles. The predicted molar refractivity (Wildman–Crippen MR) is 193 cm³/mol. The average Bonchev–Trinajstić information content (AvgIpc) is 3.43. The van der Waals surface area contributed by atoms with E-state index in [2.05, 4.69) is 29.8 Å². The van der Waals surface area contributed by atoms with Gasteiger partial charge in [-0.2, -0.15) is 0 Å². The maximum absolute atomic E-state index is 14.7. The quantitative estimate of drug-likeness (QED) is 0.281. The number of benzene rings is 2. The van der Waals surface area contributed by atoms with Crippen molar-refractivity contribution in [3.8, 4) is 22.5 Å². The molecule has 0 atom stereocenters. The van der Waals surface area contributed by atoms with Crippen LogP contribution in [-0.4, -0.2) is 106 Å². The van der Waals surface area contributed by atoms with E-state index in [0.717, 1.165) is 74.0 Å². The van der Waals surface area contributed by atoms with Crippen LogP contribution in [0.4, 0.5) is 4.39 Å². The summed E-state index contributed by atoms with van der Waals surface area (Å²) in [4.78, 5) is 55.7. The number of hydrogen-bond acceptors (Lipinski definition) is 5. The van der Waals surface area contributed by atoms with Crippen LogP contribution in [0, 0.1) is 32.5 Å². The lowest BCUT2D eigenvalue weighted by Crippen LogP contribution is -2.55. The highest BCUT2D eigenvalue weighted by Gasteiger charge is 2.34. The molecule has 9 nitrogen and oxygen atoms in total. The van der Waals surface area contributed by atoms with Crippen molar-refractivity contribution in [2.75, 3.05) is 52.4 Å². The van der Waals surface area contributed by atoms with Gasteiger partial charge in [-0.3, -0.25) is 19.3 Å². The number of carbonyl (C=O) groups excluding carboxylic acids is 3. The number of piperidine rings is 2. The number of amides is 3. The summed E-state index contributed by atoms with van der Waals surface area (Å²) in [6.45, 7) is 13.1. The molecule has 0 unspecified atom stereocenters. The summed E-state index contributed by atoms with van der Waals surface area (Å²) in [6, 6.07) is 15.3. The lowest BCUT2D eigenvalue weighted by molar-refractivity contribution is -0.141. The first-order valence-electron chi connectivity index (χ1n) is 18.0. The normalized spacial score (nSPS) is 18.2. The van der Waals surface area contributed by atoms with Crippen LogP contribution < -0.4 is 0 Å². The second kappa shape index (κ2) is 14.0. The molecular formula is C40H47FN6O3. The van der Waals surface area contributed by atoms with E-state index in [1.54, 1.807) is 26.0 Å². The molecule has 5 heterocycles. The Balaban J connectivity index is 1.03. The van der Waals surface area contributed by atoms with E-state index in [1.807, 2.05) is 39.0 Å². The van der Waals surface area contributed by atoms with Crippen LogP contribution in [0.5, 0.6) is 0 Å². The largest absolute Gasteiger partial charge is 0.358 e. The molecule has 7 rings (SSSR count). The fourth-order valence-electron chi connectivity index (χ4n) is 7.95. The van der Waals surface area contributed by atoms with Crippen molar-refractivity contribution >= 4 is 28.6 Å². The van der Waals surface area contributed by atoms with Gasteiger partial charge in [0, 0.05) is 105 Å². The summed E-state index contributed by atoms with van der Waals surface area (Å²) in [7, 11) is 0. The van der Waals surface area contributed by atoms with Gasteiger partial charge in [0.25, 0.3) is 5.91 Å². The predicted octanol–water partition coefficient (Wildman–Crippen LogP) is 5.97. The number of piperazine rings is 1. The molecule has 0 bridgehead atoms. The minimum atomic E-state index is -0.302. The van der Waals surface area contributed by atoms with Gasteiger partial charge in [-0.25, -0.2) is 9.37 Å². The molecule has 2 aromatic carbocycles. The topological polar surface area (TPSA) is 92.9 Å². The first-order chi connectivity index (χ1) is 24.0. The fraction of sp³-hybridized carbons (Fsp3) is 0.450. The second-order valence-corrected chi connectivity index (χ2v) is 14.4. The molecule has 0 radical (unpaired) electrons. The van der Waals surface area contributed by atoms with Gasteiger partial charge < -0.3 is 19.7 Å². The number of aromatic amines is 1. The third-order valence-corrected chi connectivity index (χ3v) is 11.3. The molecule has 0 aliphatic carbocycles. The number of rotatable bonds is 5. The molecule has 0 spiro atoms. The van der Waals surface area contributed by atoms with Gasteiger partial charge in [0.05, 0.1) is 11.4 Å². The van der Waals surface area contributed by atoms with Crippen molar-refractivity contribution in [2.24, 2.45) is 5.92 Å². The zero-order valence-corrected chi connectivity index (χ0v) is 29.6. The summed E-state index contributed by atoms with van der Waals surface area (Å²) in [5.41, 5.74) is 7.23. The van der Waals surface area contributed by atoms with Gasteiger partial charge in [0.15, 0.2) is 0 Å². The summed E-state index contributed by atoms with van der Waals surface area (Å²) in [5.74, 6) is -0.00840. The van der Waals surface area contributed by atoms with Gasteiger partial charge in [0.2, 0.25) is 11.8 Å². The number of H-pyrrole nitrogens is 1. The van der Waals surface area contributed by atoms with Gasteiger partial charge in [-0.1, -0.05) is 18.2 Å². The Morgan fingerprint density at radius 3 is 2.00 bits per heavy atom. The van der Waals surface area contributed by atoms with Crippen LogP contribution in [0.25, 0.3) is 33.4 Å². The third kappa shape index (κ3) is 6.77. The average molecular weight is 679 g/mol. The first kappa shape index (κ1) is 33.9. The molecule has 262 valence electrons. The monoisotopic (exact) mass is 678 g/mol. The number of aromatic nitrogens is 2. The second-order valence-electron chi connectivity index (χ2n) is 14.4. The molecule has 3 fully saturated rings. The smallest absolute Gasteiger partial charge is 0.254 e. The SMILES string of the molecule is CC(=O)N1CCC(C(=O)N2CCC(N3CCN(C(=O)c4cc(-c5ccc(C)c(F)c5)nc(-c5ccc6[nH]c(C)c(C)c6c5)c4)CC3)CC2)CC1. The van der Waals surface area contributed by atoms with E-state index in [0.29, 0.717) is 60.3 Å². The number of nitrogens with zero attached hydrogens (tertiary/aromatic N) is 5. The minimum Gasteiger partial charge on any atom is -0.358 e. The molecule has 0 saturated carbocycles. The van der Waals surface area contributed by atoms with E-state index in [1.165, 1.54) is 11.6 Å². The van der Waals surface area contributed by atoms with Crippen LogP contribution in [0.15, 0.2) is 48.5 Å². The van der Waals surface area contributed by atoms with Crippen molar-refractivity contribution in [1.82, 2.24) is 29.6 Å². The Bertz CT molecular complexity index is 1930. The third-order valence-electron chi connectivity index (χ3n) is 11.3. The van der Waals surface area contributed by atoms with Crippen molar-refractivity contribution in [3.63, 3.8) is 0 Å². The summed E-state index contributed by atoms with van der Waals surface area (Å²) < 4.78 is 14.7. The number of halogens is 1. The van der Waals surface area contributed by atoms with Crippen molar-refractivity contribution in [2.45, 2.75) is 59.4 Å².